The first-order valence-electron chi connectivity index (χ1n) is 10.00. The molecule has 1 aliphatic heterocycles. The number of hydrogen-bond donors (Lipinski definition) is 1. The number of piperidine rings is 1. The maximum Gasteiger partial charge on any atom is 0.244 e. The summed E-state index contributed by atoms with van der Waals surface area (Å²) in [5.41, 5.74) is 0.906. The molecular weight excluding hydrogens is 380 g/mol. The highest BCUT2D eigenvalue weighted by molar-refractivity contribution is 7.15. The number of fused-ring (bicyclic) bond motifs is 1. The fourth-order valence-corrected chi connectivity index (χ4v) is 5.58. The van der Waals surface area contributed by atoms with Crippen molar-refractivity contribution in [3.05, 3.63) is 28.5 Å². The zero-order valence-corrected chi connectivity index (χ0v) is 17.2. The van der Waals surface area contributed by atoms with Crippen molar-refractivity contribution in [2.45, 2.75) is 56.9 Å². The molecule has 2 fully saturated rings. The molecule has 2 aliphatic rings. The summed E-state index contributed by atoms with van der Waals surface area (Å²) in [6.07, 6.45) is 15.4. The molecule has 4 rings (SSSR count). The molecule has 0 aromatic carbocycles. The lowest BCUT2D eigenvalue weighted by Gasteiger charge is -2.48. The van der Waals surface area contributed by atoms with Crippen molar-refractivity contribution >= 4 is 39.9 Å². The van der Waals surface area contributed by atoms with Crippen molar-refractivity contribution in [3.8, 4) is 0 Å². The Morgan fingerprint density at radius 2 is 1.96 bits per heavy atom. The predicted molar refractivity (Wildman–Crippen MR) is 111 cm³/mol. The van der Waals surface area contributed by atoms with E-state index < -0.39 is 0 Å². The van der Waals surface area contributed by atoms with E-state index in [0.29, 0.717) is 5.15 Å². The summed E-state index contributed by atoms with van der Waals surface area (Å²) in [5.74, 6) is -0.0572. The Kier molecular flexibility index (Phi) is 5.85. The molecule has 0 spiro atoms. The van der Waals surface area contributed by atoms with Crippen LogP contribution in [0.15, 0.2) is 17.7 Å². The van der Waals surface area contributed by atoms with Crippen LogP contribution in [-0.2, 0) is 4.79 Å². The van der Waals surface area contributed by atoms with Crippen molar-refractivity contribution in [2.75, 3.05) is 19.6 Å². The Balaban J connectivity index is 1.42. The highest BCUT2D eigenvalue weighted by atomic mass is 35.5. The minimum absolute atomic E-state index is 0.0572. The van der Waals surface area contributed by atoms with Crippen molar-refractivity contribution in [1.29, 1.82) is 0 Å². The summed E-state index contributed by atoms with van der Waals surface area (Å²) in [4.78, 5) is 20.3. The second-order valence-electron chi connectivity index (χ2n) is 7.73. The van der Waals surface area contributed by atoms with E-state index in [1.165, 1.54) is 75.8 Å². The van der Waals surface area contributed by atoms with Gasteiger partial charge in [-0.15, -0.1) is 11.3 Å². The average Bonchev–Trinajstić information content (AvgIpc) is 3.27. The van der Waals surface area contributed by atoms with E-state index in [1.54, 1.807) is 12.2 Å². The Morgan fingerprint density at radius 1 is 1.22 bits per heavy atom. The van der Waals surface area contributed by atoms with Crippen LogP contribution in [0.5, 0.6) is 0 Å². The molecule has 1 N–H and O–H groups in total. The van der Waals surface area contributed by atoms with E-state index in [0.717, 1.165) is 17.2 Å². The van der Waals surface area contributed by atoms with Gasteiger partial charge in [0.1, 0.15) is 0 Å². The smallest absolute Gasteiger partial charge is 0.244 e. The van der Waals surface area contributed by atoms with E-state index >= 15 is 0 Å². The van der Waals surface area contributed by atoms with Crippen LogP contribution < -0.4 is 5.32 Å². The molecule has 0 atom stereocenters. The highest BCUT2D eigenvalue weighted by Gasteiger charge is 2.38. The van der Waals surface area contributed by atoms with Gasteiger partial charge in [0.05, 0.1) is 5.69 Å². The first-order chi connectivity index (χ1) is 13.2. The van der Waals surface area contributed by atoms with E-state index in [1.807, 2.05) is 16.0 Å². The third kappa shape index (κ3) is 4.08. The Morgan fingerprint density at radius 3 is 2.74 bits per heavy atom. The molecule has 27 heavy (non-hydrogen) atoms. The molecule has 0 unspecified atom stereocenters. The monoisotopic (exact) mass is 406 g/mol. The average molecular weight is 407 g/mol. The summed E-state index contributed by atoms with van der Waals surface area (Å²) in [6, 6.07) is 0. The molecule has 0 radical (unpaired) electrons. The molecule has 146 valence electrons. The number of rotatable bonds is 5. The fraction of sp³-hybridized carbons (Fsp3) is 0.600. The first kappa shape index (κ1) is 19.0. The van der Waals surface area contributed by atoms with Crippen LogP contribution in [-0.4, -0.2) is 45.4 Å². The lowest BCUT2D eigenvalue weighted by molar-refractivity contribution is -0.117. The van der Waals surface area contributed by atoms with Gasteiger partial charge in [-0.05, 0) is 44.8 Å². The molecule has 5 nitrogen and oxygen atoms in total. The topological polar surface area (TPSA) is 49.6 Å². The van der Waals surface area contributed by atoms with Gasteiger partial charge in [0, 0.05) is 29.7 Å². The number of carbonyl (C=O) groups excluding carboxylic acids is 1. The largest absolute Gasteiger partial charge is 0.351 e. The van der Waals surface area contributed by atoms with Crippen LogP contribution in [0, 0.1) is 0 Å². The van der Waals surface area contributed by atoms with E-state index in [2.05, 4.69) is 15.2 Å². The van der Waals surface area contributed by atoms with Gasteiger partial charge < -0.3 is 5.32 Å². The van der Waals surface area contributed by atoms with Crippen LogP contribution in [0.1, 0.15) is 57.1 Å². The van der Waals surface area contributed by atoms with Crippen molar-refractivity contribution in [3.63, 3.8) is 0 Å². The summed E-state index contributed by atoms with van der Waals surface area (Å²) >= 11 is 7.73. The minimum atomic E-state index is -0.0572. The standard InChI is InChI=1S/C20H27ClN4OS/c21-18-16(25-13-14-27-19(25)23-18)7-8-17(26)22-15-20(9-3-1-4-10-20)24-11-5-2-6-12-24/h7-8,13-14H,1-6,9-12,15H2,(H,22,26)/b8-7+. The third-order valence-electron chi connectivity index (χ3n) is 6.05. The van der Waals surface area contributed by atoms with Crippen LogP contribution >= 0.6 is 22.9 Å². The molecule has 7 heteroatoms. The molecule has 1 saturated carbocycles. The number of carbonyl (C=O) groups is 1. The summed E-state index contributed by atoms with van der Waals surface area (Å²) in [7, 11) is 0. The van der Waals surface area contributed by atoms with Gasteiger partial charge in [0.25, 0.3) is 0 Å². The molecule has 0 bridgehead atoms. The second-order valence-corrected chi connectivity index (χ2v) is 8.96. The number of imidazole rings is 1. The number of hydrogen-bond acceptors (Lipinski definition) is 4. The molecule has 2 aromatic heterocycles. The van der Waals surface area contributed by atoms with Crippen LogP contribution in [0.2, 0.25) is 5.15 Å². The number of thiazole rings is 1. The molecule has 2 aromatic rings. The fourth-order valence-electron chi connectivity index (χ4n) is 4.57. The number of aromatic nitrogens is 2. The number of amides is 1. The van der Waals surface area contributed by atoms with Crippen LogP contribution in [0.3, 0.4) is 0 Å². The summed E-state index contributed by atoms with van der Waals surface area (Å²) in [5, 5.41) is 5.57. The van der Waals surface area contributed by atoms with Gasteiger partial charge >= 0.3 is 0 Å². The van der Waals surface area contributed by atoms with Gasteiger partial charge in [-0.2, -0.15) is 0 Å². The maximum absolute atomic E-state index is 12.5. The summed E-state index contributed by atoms with van der Waals surface area (Å²) in [6.45, 7) is 3.09. The van der Waals surface area contributed by atoms with E-state index in [4.69, 9.17) is 11.6 Å². The van der Waals surface area contributed by atoms with Gasteiger partial charge in [-0.1, -0.05) is 37.3 Å². The Bertz CT molecular complexity index is 815. The number of nitrogens with zero attached hydrogens (tertiary/aromatic N) is 3. The second kappa shape index (κ2) is 8.33. The van der Waals surface area contributed by atoms with Gasteiger partial charge in [-0.3, -0.25) is 14.1 Å². The number of halogens is 1. The van der Waals surface area contributed by atoms with Crippen LogP contribution in [0.4, 0.5) is 0 Å². The van der Waals surface area contributed by atoms with Crippen molar-refractivity contribution < 1.29 is 4.79 Å². The first-order valence-corrected chi connectivity index (χ1v) is 11.3. The highest BCUT2D eigenvalue weighted by Crippen LogP contribution is 2.35. The maximum atomic E-state index is 12.5. The molecule has 3 heterocycles. The molecule has 1 saturated heterocycles. The SMILES string of the molecule is O=C(/C=C/c1c(Cl)nc2sccn12)NCC1(N2CCCCC2)CCCCC1. The van der Waals surface area contributed by atoms with Gasteiger partial charge in [-0.25, -0.2) is 4.98 Å². The Hall–Kier alpha value is -1.37. The van der Waals surface area contributed by atoms with E-state index in [9.17, 15) is 4.79 Å². The normalized spacial score (nSPS) is 21.1. The predicted octanol–water partition coefficient (Wildman–Crippen LogP) is 4.37. The minimum Gasteiger partial charge on any atom is -0.351 e. The van der Waals surface area contributed by atoms with Crippen molar-refractivity contribution in [1.82, 2.24) is 19.6 Å². The van der Waals surface area contributed by atoms with E-state index in [-0.39, 0.29) is 11.4 Å². The number of nitrogens with one attached hydrogen (secondary N) is 1. The lowest BCUT2D eigenvalue weighted by Crippen LogP contribution is -2.58. The van der Waals surface area contributed by atoms with Crippen LogP contribution in [0.25, 0.3) is 11.0 Å². The quantitative estimate of drug-likeness (QED) is 0.750. The summed E-state index contributed by atoms with van der Waals surface area (Å²) < 4.78 is 1.91. The number of likely N-dealkylation sites (tertiary alicyclic amines) is 1. The zero-order chi connectivity index (χ0) is 18.7. The third-order valence-corrected chi connectivity index (χ3v) is 7.08. The molecular formula is C20H27ClN4OS. The Labute approximate surface area is 169 Å². The molecule has 1 aliphatic carbocycles. The van der Waals surface area contributed by atoms with Crippen molar-refractivity contribution in [2.24, 2.45) is 0 Å². The lowest BCUT2D eigenvalue weighted by atomic mass is 9.79. The zero-order valence-electron chi connectivity index (χ0n) is 15.6. The van der Waals surface area contributed by atoms with Gasteiger partial charge in [0.2, 0.25) is 5.91 Å². The molecule has 1 amide bonds. The van der Waals surface area contributed by atoms with Gasteiger partial charge in [0.15, 0.2) is 10.1 Å².